The number of hydrogen-bond acceptors (Lipinski definition) is 3. The van der Waals surface area contributed by atoms with Crippen LogP contribution in [-0.2, 0) is 6.18 Å². The highest BCUT2D eigenvalue weighted by atomic mass is 35.5. The number of carbonyl (C=O) groups excluding carboxylic acids is 1. The summed E-state index contributed by atoms with van der Waals surface area (Å²) in [6.45, 7) is 0. The third kappa shape index (κ3) is 3.63. The number of aromatic hydroxyl groups is 1. The van der Waals surface area contributed by atoms with Crippen molar-refractivity contribution < 1.29 is 23.1 Å². The molecule has 1 aromatic heterocycles. The molecule has 0 fully saturated rings. The zero-order valence-corrected chi connectivity index (χ0v) is 11.0. The monoisotopic (exact) mass is 316 g/mol. The average molecular weight is 317 g/mol. The van der Waals surface area contributed by atoms with Crippen LogP contribution in [-0.4, -0.2) is 16.0 Å². The summed E-state index contributed by atoms with van der Waals surface area (Å²) in [4.78, 5) is 15.1. The van der Waals surface area contributed by atoms with E-state index >= 15 is 0 Å². The zero-order valence-electron chi connectivity index (χ0n) is 10.3. The van der Waals surface area contributed by atoms with Gasteiger partial charge in [-0.1, -0.05) is 11.6 Å². The Kier molecular flexibility index (Phi) is 4.04. The van der Waals surface area contributed by atoms with Crippen LogP contribution in [0.3, 0.4) is 0 Å². The van der Waals surface area contributed by atoms with Gasteiger partial charge in [0.2, 0.25) is 0 Å². The van der Waals surface area contributed by atoms with Crippen LogP contribution in [0.4, 0.5) is 18.9 Å². The van der Waals surface area contributed by atoms with Gasteiger partial charge in [-0.15, -0.1) is 0 Å². The van der Waals surface area contributed by atoms with Crippen LogP contribution in [0.2, 0.25) is 5.02 Å². The third-order valence-corrected chi connectivity index (χ3v) is 2.84. The lowest BCUT2D eigenvalue weighted by atomic mass is 10.2. The molecule has 1 amide bonds. The number of nitrogens with one attached hydrogen (secondary N) is 1. The van der Waals surface area contributed by atoms with E-state index in [1.807, 2.05) is 0 Å². The van der Waals surface area contributed by atoms with Crippen molar-refractivity contribution in [3.63, 3.8) is 0 Å². The van der Waals surface area contributed by atoms with E-state index in [9.17, 15) is 23.1 Å². The molecule has 1 heterocycles. The van der Waals surface area contributed by atoms with E-state index < -0.39 is 17.8 Å². The number of pyridine rings is 1. The predicted octanol–water partition coefficient (Wildman–Crippen LogP) is 3.71. The van der Waals surface area contributed by atoms with E-state index in [0.717, 1.165) is 24.4 Å². The lowest BCUT2D eigenvalue weighted by molar-refractivity contribution is -0.141. The van der Waals surface area contributed by atoms with Crippen molar-refractivity contribution in [1.29, 1.82) is 0 Å². The van der Waals surface area contributed by atoms with Crippen LogP contribution in [0.15, 0.2) is 36.5 Å². The van der Waals surface area contributed by atoms with Crippen molar-refractivity contribution in [1.82, 2.24) is 4.98 Å². The van der Waals surface area contributed by atoms with Gasteiger partial charge in [-0.25, -0.2) is 4.98 Å². The Balaban J connectivity index is 2.18. The van der Waals surface area contributed by atoms with Gasteiger partial charge in [0.05, 0.1) is 22.5 Å². The second-order valence-corrected chi connectivity index (χ2v) is 4.46. The highest BCUT2D eigenvalue weighted by molar-refractivity contribution is 6.34. The molecule has 110 valence electrons. The van der Waals surface area contributed by atoms with E-state index in [0.29, 0.717) is 0 Å². The fourth-order valence-electron chi connectivity index (χ4n) is 1.52. The molecule has 0 aliphatic heterocycles. The first kappa shape index (κ1) is 15.1. The number of alkyl halides is 3. The number of nitrogens with zero attached hydrogens (tertiary/aromatic N) is 1. The molecule has 0 atom stereocenters. The first-order valence-electron chi connectivity index (χ1n) is 5.60. The number of hydrogen-bond donors (Lipinski definition) is 2. The Morgan fingerprint density at radius 2 is 1.95 bits per heavy atom. The maximum atomic E-state index is 12.3. The van der Waals surface area contributed by atoms with Crippen molar-refractivity contribution in [2.75, 3.05) is 5.32 Å². The van der Waals surface area contributed by atoms with Crippen LogP contribution in [0.1, 0.15) is 16.1 Å². The lowest BCUT2D eigenvalue weighted by Crippen LogP contribution is -2.13. The average Bonchev–Trinajstić information content (AvgIpc) is 2.41. The van der Waals surface area contributed by atoms with E-state index in [2.05, 4.69) is 10.3 Å². The topological polar surface area (TPSA) is 62.2 Å². The maximum absolute atomic E-state index is 12.3. The van der Waals surface area contributed by atoms with Gasteiger partial charge in [-0.3, -0.25) is 4.79 Å². The van der Waals surface area contributed by atoms with Gasteiger partial charge in [0, 0.05) is 0 Å². The first-order valence-corrected chi connectivity index (χ1v) is 5.98. The molecule has 0 radical (unpaired) electrons. The molecular weight excluding hydrogens is 309 g/mol. The van der Waals surface area contributed by atoms with Crippen molar-refractivity contribution >= 4 is 23.2 Å². The second kappa shape index (κ2) is 5.61. The molecular formula is C13H8ClF3N2O2. The minimum absolute atomic E-state index is 0.00318. The Labute approximate surface area is 122 Å². The number of rotatable bonds is 2. The molecule has 0 unspecified atom stereocenters. The summed E-state index contributed by atoms with van der Waals surface area (Å²) in [5.74, 6) is -0.826. The molecule has 2 aromatic rings. The molecule has 8 heteroatoms. The highest BCUT2D eigenvalue weighted by Gasteiger charge is 2.32. The van der Waals surface area contributed by atoms with Gasteiger partial charge in [-0.05, 0) is 30.3 Å². The lowest BCUT2D eigenvalue weighted by Gasteiger charge is -2.09. The fraction of sp³-hybridized carbons (Fsp3) is 0.0769. The summed E-state index contributed by atoms with van der Waals surface area (Å²) >= 11 is 5.81. The van der Waals surface area contributed by atoms with Gasteiger partial charge in [-0.2, -0.15) is 13.2 Å². The van der Waals surface area contributed by atoms with Crippen LogP contribution in [0.25, 0.3) is 0 Å². The zero-order chi connectivity index (χ0) is 15.6. The quantitative estimate of drug-likeness (QED) is 0.887. The Bertz CT molecular complexity index is 672. The maximum Gasteiger partial charge on any atom is 0.433 e. The fourth-order valence-corrected chi connectivity index (χ4v) is 1.72. The Hall–Kier alpha value is -2.28. The SMILES string of the molecule is O=C(Nc1ccc(C(F)(F)F)nc1)c1cc(O)ccc1Cl. The number of halogens is 4. The van der Waals surface area contributed by atoms with Gasteiger partial charge in [0.1, 0.15) is 11.4 Å². The molecule has 1 aromatic carbocycles. The van der Waals surface area contributed by atoms with Gasteiger partial charge < -0.3 is 10.4 Å². The minimum atomic E-state index is -4.54. The Morgan fingerprint density at radius 3 is 2.52 bits per heavy atom. The molecule has 2 N–H and O–H groups in total. The number of amides is 1. The van der Waals surface area contributed by atoms with Gasteiger partial charge in [0.15, 0.2) is 0 Å². The standard InChI is InChI=1S/C13H8ClF3N2O2/c14-10-3-2-8(20)5-9(10)12(21)19-7-1-4-11(18-6-7)13(15,16)17/h1-6,20H,(H,19,21). The van der Waals surface area contributed by atoms with E-state index in [1.54, 1.807) is 0 Å². The van der Waals surface area contributed by atoms with Crippen LogP contribution in [0, 0.1) is 0 Å². The number of aromatic nitrogens is 1. The van der Waals surface area contributed by atoms with E-state index in [-0.39, 0.29) is 22.0 Å². The third-order valence-electron chi connectivity index (χ3n) is 2.51. The molecule has 0 bridgehead atoms. The number of anilines is 1. The summed E-state index contributed by atoms with van der Waals surface area (Å²) < 4.78 is 37.0. The Morgan fingerprint density at radius 1 is 1.24 bits per heavy atom. The summed E-state index contributed by atoms with van der Waals surface area (Å²) in [6.07, 6.45) is -3.66. The molecule has 0 saturated carbocycles. The van der Waals surface area contributed by atoms with Crippen molar-refractivity contribution in [3.05, 3.63) is 52.8 Å². The molecule has 0 spiro atoms. The van der Waals surface area contributed by atoms with Crippen LogP contribution in [0.5, 0.6) is 5.75 Å². The predicted molar refractivity (Wildman–Crippen MR) is 70.3 cm³/mol. The number of phenolic OH excluding ortho intramolecular Hbond substituents is 1. The summed E-state index contributed by atoms with van der Waals surface area (Å²) in [7, 11) is 0. The van der Waals surface area contributed by atoms with Crippen molar-refractivity contribution in [3.8, 4) is 5.75 Å². The molecule has 0 aliphatic rings. The first-order chi connectivity index (χ1) is 9.77. The molecule has 4 nitrogen and oxygen atoms in total. The van der Waals surface area contributed by atoms with Crippen molar-refractivity contribution in [2.24, 2.45) is 0 Å². The van der Waals surface area contributed by atoms with E-state index in [1.165, 1.54) is 12.1 Å². The van der Waals surface area contributed by atoms with Crippen molar-refractivity contribution in [2.45, 2.75) is 6.18 Å². The summed E-state index contributed by atoms with van der Waals surface area (Å²) in [5, 5.41) is 11.7. The molecule has 0 aliphatic carbocycles. The number of carbonyl (C=O) groups is 1. The van der Waals surface area contributed by atoms with Gasteiger partial charge in [0.25, 0.3) is 5.91 Å². The molecule has 21 heavy (non-hydrogen) atoms. The summed E-state index contributed by atoms with van der Waals surface area (Å²) in [6, 6.07) is 5.61. The molecule has 2 rings (SSSR count). The van der Waals surface area contributed by atoms with Gasteiger partial charge >= 0.3 is 6.18 Å². The normalized spacial score (nSPS) is 11.2. The smallest absolute Gasteiger partial charge is 0.433 e. The highest BCUT2D eigenvalue weighted by Crippen LogP contribution is 2.28. The number of benzene rings is 1. The minimum Gasteiger partial charge on any atom is -0.508 e. The van der Waals surface area contributed by atoms with Crippen LogP contribution < -0.4 is 5.32 Å². The molecule has 0 saturated heterocycles. The largest absolute Gasteiger partial charge is 0.508 e. The number of phenols is 1. The van der Waals surface area contributed by atoms with E-state index in [4.69, 9.17) is 11.6 Å². The summed E-state index contributed by atoms with van der Waals surface area (Å²) in [5.41, 5.74) is -0.986. The second-order valence-electron chi connectivity index (χ2n) is 4.05. The van der Waals surface area contributed by atoms with Crippen LogP contribution >= 0.6 is 11.6 Å².